The summed E-state index contributed by atoms with van der Waals surface area (Å²) < 4.78 is 5.99. The standard InChI is InChI=1S/C16H23NO3/c1-12(18)11-17-16(19)14-9-5-6-10-15(14)20-13-7-3-2-4-8-13/h5-6,9-10,12-13,18H,2-4,7-8,11H2,1H3,(H,17,19). The summed E-state index contributed by atoms with van der Waals surface area (Å²) in [5, 5.41) is 11.9. The lowest BCUT2D eigenvalue weighted by Gasteiger charge is -2.24. The van der Waals surface area contributed by atoms with Crippen LogP contribution in [0.4, 0.5) is 0 Å². The molecule has 0 aliphatic heterocycles. The van der Waals surface area contributed by atoms with E-state index in [2.05, 4.69) is 5.32 Å². The minimum Gasteiger partial charge on any atom is -0.490 e. The van der Waals surface area contributed by atoms with Gasteiger partial charge in [0, 0.05) is 6.54 Å². The van der Waals surface area contributed by atoms with E-state index in [9.17, 15) is 9.90 Å². The minimum atomic E-state index is -0.551. The summed E-state index contributed by atoms with van der Waals surface area (Å²) in [6.07, 6.45) is 5.45. The number of carbonyl (C=O) groups is 1. The Hall–Kier alpha value is -1.55. The maximum absolute atomic E-state index is 12.1. The fourth-order valence-corrected chi connectivity index (χ4v) is 2.46. The summed E-state index contributed by atoms with van der Waals surface area (Å²) >= 11 is 0. The molecule has 1 atom stereocenters. The Morgan fingerprint density at radius 3 is 2.75 bits per heavy atom. The zero-order valence-electron chi connectivity index (χ0n) is 12.0. The van der Waals surface area contributed by atoms with E-state index in [0.29, 0.717) is 11.3 Å². The molecule has 0 radical (unpaired) electrons. The largest absolute Gasteiger partial charge is 0.490 e. The monoisotopic (exact) mass is 277 g/mol. The number of hydrogen-bond donors (Lipinski definition) is 2. The molecule has 110 valence electrons. The van der Waals surface area contributed by atoms with Crippen LogP contribution in [0.3, 0.4) is 0 Å². The molecule has 20 heavy (non-hydrogen) atoms. The van der Waals surface area contributed by atoms with E-state index in [1.807, 2.05) is 18.2 Å². The summed E-state index contributed by atoms with van der Waals surface area (Å²) in [4.78, 5) is 12.1. The predicted molar refractivity (Wildman–Crippen MR) is 78.0 cm³/mol. The average Bonchev–Trinajstić information content (AvgIpc) is 2.46. The van der Waals surface area contributed by atoms with Gasteiger partial charge in [0.15, 0.2) is 0 Å². The van der Waals surface area contributed by atoms with Gasteiger partial charge in [-0.1, -0.05) is 18.6 Å². The average molecular weight is 277 g/mol. The number of aliphatic hydroxyl groups excluding tert-OH is 1. The fourth-order valence-electron chi connectivity index (χ4n) is 2.46. The maximum Gasteiger partial charge on any atom is 0.255 e. The quantitative estimate of drug-likeness (QED) is 0.869. The van der Waals surface area contributed by atoms with Gasteiger partial charge in [0.2, 0.25) is 0 Å². The van der Waals surface area contributed by atoms with Gasteiger partial charge in [-0.3, -0.25) is 4.79 Å². The lowest BCUT2D eigenvalue weighted by Crippen LogP contribution is -2.31. The van der Waals surface area contributed by atoms with Gasteiger partial charge in [-0.15, -0.1) is 0 Å². The van der Waals surface area contributed by atoms with E-state index in [4.69, 9.17) is 4.74 Å². The zero-order valence-corrected chi connectivity index (χ0v) is 12.0. The molecule has 0 heterocycles. The molecule has 0 aromatic heterocycles. The number of amides is 1. The van der Waals surface area contributed by atoms with Crippen LogP contribution >= 0.6 is 0 Å². The first-order valence-electron chi connectivity index (χ1n) is 7.39. The van der Waals surface area contributed by atoms with Crippen LogP contribution in [0, 0.1) is 0 Å². The predicted octanol–water partition coefficient (Wildman–Crippen LogP) is 2.51. The number of hydrogen-bond acceptors (Lipinski definition) is 3. The van der Waals surface area contributed by atoms with Crippen molar-refractivity contribution in [1.82, 2.24) is 5.32 Å². The van der Waals surface area contributed by atoms with Crippen molar-refractivity contribution in [3.05, 3.63) is 29.8 Å². The molecule has 1 aromatic carbocycles. The highest BCUT2D eigenvalue weighted by atomic mass is 16.5. The molecule has 1 saturated carbocycles. The molecule has 0 bridgehead atoms. The van der Waals surface area contributed by atoms with Gasteiger partial charge in [-0.05, 0) is 44.7 Å². The zero-order chi connectivity index (χ0) is 14.4. The van der Waals surface area contributed by atoms with Crippen molar-refractivity contribution < 1.29 is 14.6 Å². The highest BCUT2D eigenvalue weighted by molar-refractivity contribution is 5.96. The molecule has 4 heteroatoms. The molecule has 2 N–H and O–H groups in total. The van der Waals surface area contributed by atoms with Crippen molar-refractivity contribution in [3.63, 3.8) is 0 Å². The lowest BCUT2D eigenvalue weighted by molar-refractivity contribution is 0.0912. The number of benzene rings is 1. The Morgan fingerprint density at radius 2 is 2.05 bits per heavy atom. The highest BCUT2D eigenvalue weighted by Gasteiger charge is 2.18. The third-order valence-corrected chi connectivity index (χ3v) is 3.54. The second-order valence-corrected chi connectivity index (χ2v) is 5.43. The molecule has 1 aliphatic rings. The molecule has 0 spiro atoms. The smallest absolute Gasteiger partial charge is 0.255 e. The normalized spacial score (nSPS) is 17.5. The second-order valence-electron chi connectivity index (χ2n) is 5.43. The van der Waals surface area contributed by atoms with Crippen LogP contribution in [-0.2, 0) is 0 Å². The van der Waals surface area contributed by atoms with Gasteiger partial charge in [-0.2, -0.15) is 0 Å². The van der Waals surface area contributed by atoms with Crippen LogP contribution in [0.25, 0.3) is 0 Å². The van der Waals surface area contributed by atoms with Crippen molar-refractivity contribution >= 4 is 5.91 Å². The van der Waals surface area contributed by atoms with E-state index < -0.39 is 6.10 Å². The van der Waals surface area contributed by atoms with Crippen LogP contribution in [-0.4, -0.2) is 29.8 Å². The Balaban J connectivity index is 2.03. The van der Waals surface area contributed by atoms with Crippen molar-refractivity contribution in [2.75, 3.05) is 6.54 Å². The van der Waals surface area contributed by atoms with E-state index in [0.717, 1.165) is 12.8 Å². The number of para-hydroxylation sites is 1. The molecule has 1 fully saturated rings. The molecule has 0 saturated heterocycles. The number of carbonyl (C=O) groups excluding carboxylic acids is 1. The van der Waals surface area contributed by atoms with E-state index in [-0.39, 0.29) is 18.6 Å². The van der Waals surface area contributed by atoms with Crippen LogP contribution < -0.4 is 10.1 Å². The van der Waals surface area contributed by atoms with Gasteiger partial charge in [0.05, 0.1) is 17.8 Å². The van der Waals surface area contributed by atoms with Crippen LogP contribution in [0.2, 0.25) is 0 Å². The van der Waals surface area contributed by atoms with Crippen LogP contribution in [0.1, 0.15) is 49.4 Å². The minimum absolute atomic E-state index is 0.197. The van der Waals surface area contributed by atoms with Gasteiger partial charge in [-0.25, -0.2) is 0 Å². The second kappa shape index (κ2) is 7.29. The summed E-state index contributed by atoms with van der Waals surface area (Å²) in [6, 6.07) is 7.30. The summed E-state index contributed by atoms with van der Waals surface area (Å²) in [6.45, 7) is 1.89. The van der Waals surface area contributed by atoms with Gasteiger partial charge in [0.25, 0.3) is 5.91 Å². The number of rotatable bonds is 5. The molecule has 4 nitrogen and oxygen atoms in total. The van der Waals surface area contributed by atoms with Gasteiger partial charge < -0.3 is 15.2 Å². The van der Waals surface area contributed by atoms with E-state index >= 15 is 0 Å². The number of nitrogens with one attached hydrogen (secondary N) is 1. The molecule has 1 unspecified atom stereocenters. The Morgan fingerprint density at radius 1 is 1.35 bits per heavy atom. The summed E-state index contributed by atoms with van der Waals surface area (Å²) in [7, 11) is 0. The fraction of sp³-hybridized carbons (Fsp3) is 0.562. The Labute approximate surface area is 120 Å². The molecule has 1 amide bonds. The van der Waals surface area contributed by atoms with Crippen molar-refractivity contribution in [3.8, 4) is 5.75 Å². The van der Waals surface area contributed by atoms with Gasteiger partial charge >= 0.3 is 0 Å². The molecule has 1 aromatic rings. The maximum atomic E-state index is 12.1. The number of aliphatic hydroxyl groups is 1. The van der Waals surface area contributed by atoms with Gasteiger partial charge in [0.1, 0.15) is 5.75 Å². The summed E-state index contributed by atoms with van der Waals surface area (Å²) in [5.74, 6) is 0.444. The SMILES string of the molecule is CC(O)CNC(=O)c1ccccc1OC1CCCCC1. The van der Waals surface area contributed by atoms with Crippen LogP contribution in [0.15, 0.2) is 24.3 Å². The van der Waals surface area contributed by atoms with Crippen molar-refractivity contribution in [2.24, 2.45) is 0 Å². The van der Waals surface area contributed by atoms with E-state index in [1.54, 1.807) is 13.0 Å². The lowest BCUT2D eigenvalue weighted by atomic mass is 9.97. The molecular formula is C16H23NO3. The molecular weight excluding hydrogens is 254 g/mol. The summed E-state index contributed by atoms with van der Waals surface area (Å²) in [5.41, 5.74) is 0.540. The third kappa shape index (κ3) is 4.23. The Bertz CT molecular complexity index is 439. The Kier molecular flexibility index (Phi) is 5.41. The first-order chi connectivity index (χ1) is 9.66. The van der Waals surface area contributed by atoms with E-state index in [1.165, 1.54) is 19.3 Å². The third-order valence-electron chi connectivity index (χ3n) is 3.54. The van der Waals surface area contributed by atoms with Crippen LogP contribution in [0.5, 0.6) is 5.75 Å². The molecule has 2 rings (SSSR count). The molecule has 1 aliphatic carbocycles. The van der Waals surface area contributed by atoms with Crippen molar-refractivity contribution in [1.29, 1.82) is 0 Å². The first-order valence-corrected chi connectivity index (χ1v) is 7.39. The van der Waals surface area contributed by atoms with Crippen molar-refractivity contribution in [2.45, 2.75) is 51.2 Å². The number of ether oxygens (including phenoxy) is 1. The topological polar surface area (TPSA) is 58.6 Å². The first kappa shape index (κ1) is 14.9. The highest BCUT2D eigenvalue weighted by Crippen LogP contribution is 2.25.